The molecule has 0 aromatic carbocycles. The lowest BCUT2D eigenvalue weighted by atomic mass is 10.2. The molecule has 0 rings (SSSR count). The van der Waals surface area contributed by atoms with E-state index in [1.807, 2.05) is 27.7 Å². The zero-order valence-electron chi connectivity index (χ0n) is 19.8. The average molecular weight is 435 g/mol. The summed E-state index contributed by atoms with van der Waals surface area (Å²) in [7, 11) is 0. The van der Waals surface area contributed by atoms with Gasteiger partial charge in [-0.05, 0) is 39.5 Å². The number of ether oxygens (including phenoxy) is 6. The van der Waals surface area contributed by atoms with Gasteiger partial charge in [-0.25, -0.2) is 0 Å². The van der Waals surface area contributed by atoms with Crippen molar-refractivity contribution in [3.8, 4) is 0 Å². The van der Waals surface area contributed by atoms with E-state index in [1.54, 1.807) is 13.8 Å². The maximum atomic E-state index is 12.1. The molecule has 0 aliphatic heterocycles. The Kier molecular flexibility index (Phi) is 15.8. The molecule has 2 unspecified atom stereocenters. The molecule has 8 heteroatoms. The lowest BCUT2D eigenvalue weighted by Gasteiger charge is -2.29. The normalized spacial score (nSPS) is 15.3. The largest absolute Gasteiger partial charge is 0.408 e. The highest BCUT2D eigenvalue weighted by Gasteiger charge is 2.31. The topological polar surface area (TPSA) is 89.5 Å². The molecular weight excluding hydrogens is 392 g/mol. The Bertz CT molecular complexity index is 428. The quantitative estimate of drug-likeness (QED) is 0.164. The summed E-state index contributed by atoms with van der Waals surface area (Å²) in [6.07, 6.45) is 4.92. The number of hydrogen-bond acceptors (Lipinski definition) is 8. The molecule has 0 heterocycles. The molecule has 30 heavy (non-hydrogen) atoms. The minimum Gasteiger partial charge on any atom is -0.408 e. The molecule has 0 aromatic heterocycles. The first-order valence-electron chi connectivity index (χ1n) is 11.2. The van der Waals surface area contributed by atoms with Crippen molar-refractivity contribution in [3.05, 3.63) is 0 Å². The van der Waals surface area contributed by atoms with Crippen LogP contribution in [0.5, 0.6) is 0 Å². The zero-order valence-corrected chi connectivity index (χ0v) is 19.8. The number of unbranched alkanes of at least 4 members (excludes halogenated alkanes) is 3. The van der Waals surface area contributed by atoms with Crippen LogP contribution in [0.1, 0.15) is 92.9 Å². The summed E-state index contributed by atoms with van der Waals surface area (Å²) in [4.78, 5) is 24.3. The van der Waals surface area contributed by atoms with Gasteiger partial charge < -0.3 is 28.4 Å². The maximum absolute atomic E-state index is 12.1. The number of carbonyl (C=O) groups excluding carboxylic acids is 2. The SMILES string of the molecule is CCCCOC(C)(OCC)OC(=O)CCCCC(=O)OC(C)(OCC)OCCCC. The zero-order chi connectivity index (χ0) is 22.9. The number of carbonyl (C=O) groups is 2. The average Bonchev–Trinajstić information content (AvgIpc) is 2.66. The molecule has 2 atom stereocenters. The first-order valence-corrected chi connectivity index (χ1v) is 11.2. The molecule has 0 saturated heterocycles. The molecule has 0 aromatic rings. The van der Waals surface area contributed by atoms with Gasteiger partial charge in [-0.3, -0.25) is 9.59 Å². The second-order valence-corrected chi connectivity index (χ2v) is 7.15. The van der Waals surface area contributed by atoms with Gasteiger partial charge in [0.25, 0.3) is 0 Å². The van der Waals surface area contributed by atoms with Crippen LogP contribution in [0.3, 0.4) is 0 Å². The summed E-state index contributed by atoms with van der Waals surface area (Å²) in [6, 6.07) is 0. The second kappa shape index (κ2) is 16.5. The second-order valence-electron chi connectivity index (χ2n) is 7.15. The van der Waals surface area contributed by atoms with Crippen molar-refractivity contribution in [2.75, 3.05) is 26.4 Å². The van der Waals surface area contributed by atoms with E-state index in [1.165, 1.54) is 0 Å². The van der Waals surface area contributed by atoms with E-state index in [2.05, 4.69) is 0 Å². The van der Waals surface area contributed by atoms with Crippen LogP contribution in [0, 0.1) is 0 Å². The number of esters is 2. The van der Waals surface area contributed by atoms with E-state index in [0.717, 1.165) is 25.7 Å². The van der Waals surface area contributed by atoms with E-state index < -0.39 is 23.9 Å². The molecule has 0 radical (unpaired) electrons. The monoisotopic (exact) mass is 434 g/mol. The van der Waals surface area contributed by atoms with Crippen LogP contribution in [-0.2, 0) is 38.0 Å². The lowest BCUT2D eigenvalue weighted by Crippen LogP contribution is -2.38. The van der Waals surface area contributed by atoms with Crippen LogP contribution in [0.2, 0.25) is 0 Å². The standard InChI is InChI=1S/C22H42O8/c1-7-11-17-27-21(5,25-9-3)29-19(23)15-13-14-16-20(24)30-22(6,26-10-4)28-18-12-8-2/h7-18H2,1-6H3. The van der Waals surface area contributed by atoms with Gasteiger partial charge in [0.1, 0.15) is 0 Å². The molecule has 0 spiro atoms. The van der Waals surface area contributed by atoms with Crippen LogP contribution in [-0.4, -0.2) is 50.3 Å². The highest BCUT2D eigenvalue weighted by molar-refractivity contribution is 5.70. The number of rotatable bonds is 19. The summed E-state index contributed by atoms with van der Waals surface area (Å²) < 4.78 is 32.8. The van der Waals surface area contributed by atoms with E-state index in [-0.39, 0.29) is 12.8 Å². The molecule has 8 nitrogen and oxygen atoms in total. The van der Waals surface area contributed by atoms with Crippen molar-refractivity contribution in [1.82, 2.24) is 0 Å². The Balaban J connectivity index is 4.31. The van der Waals surface area contributed by atoms with Gasteiger partial charge in [0, 0.05) is 26.7 Å². The van der Waals surface area contributed by atoms with E-state index in [0.29, 0.717) is 39.3 Å². The third kappa shape index (κ3) is 13.9. The van der Waals surface area contributed by atoms with Gasteiger partial charge in [-0.1, -0.05) is 26.7 Å². The van der Waals surface area contributed by atoms with Crippen molar-refractivity contribution in [3.63, 3.8) is 0 Å². The number of hydrogen-bond donors (Lipinski definition) is 0. The lowest BCUT2D eigenvalue weighted by molar-refractivity contribution is -0.352. The summed E-state index contributed by atoms with van der Waals surface area (Å²) in [6.45, 7) is 12.5. The summed E-state index contributed by atoms with van der Waals surface area (Å²) in [5.41, 5.74) is 0. The Morgan fingerprint density at radius 1 is 0.600 bits per heavy atom. The van der Waals surface area contributed by atoms with Crippen LogP contribution < -0.4 is 0 Å². The Morgan fingerprint density at radius 3 is 1.27 bits per heavy atom. The molecule has 0 saturated carbocycles. The maximum Gasteiger partial charge on any atom is 0.326 e. The van der Waals surface area contributed by atoms with Crippen molar-refractivity contribution < 1.29 is 38.0 Å². The van der Waals surface area contributed by atoms with Gasteiger partial charge in [0.15, 0.2) is 0 Å². The Hall–Kier alpha value is -1.22. The summed E-state index contributed by atoms with van der Waals surface area (Å²) in [5.74, 6) is -3.62. The van der Waals surface area contributed by atoms with Crippen LogP contribution in [0.4, 0.5) is 0 Å². The first kappa shape index (κ1) is 28.8. The molecule has 0 aliphatic carbocycles. The van der Waals surface area contributed by atoms with Crippen molar-refractivity contribution in [1.29, 1.82) is 0 Å². The molecule has 0 amide bonds. The molecule has 0 N–H and O–H groups in total. The third-order valence-electron chi connectivity index (χ3n) is 4.15. The molecule has 0 bridgehead atoms. The van der Waals surface area contributed by atoms with E-state index in [9.17, 15) is 9.59 Å². The van der Waals surface area contributed by atoms with Crippen molar-refractivity contribution in [2.45, 2.75) is 105 Å². The first-order chi connectivity index (χ1) is 14.2. The molecular formula is C22H42O8. The fourth-order valence-electron chi connectivity index (χ4n) is 2.58. The van der Waals surface area contributed by atoms with Crippen LogP contribution in [0.25, 0.3) is 0 Å². The van der Waals surface area contributed by atoms with Crippen LogP contribution in [0.15, 0.2) is 0 Å². The molecule has 178 valence electrons. The highest BCUT2D eigenvalue weighted by atomic mass is 16.9. The minimum absolute atomic E-state index is 0.156. The predicted octanol–water partition coefficient (Wildman–Crippen LogP) is 4.69. The molecule has 0 aliphatic rings. The minimum atomic E-state index is -1.38. The van der Waals surface area contributed by atoms with Gasteiger partial charge in [0.2, 0.25) is 0 Å². The Morgan fingerprint density at radius 2 is 0.967 bits per heavy atom. The van der Waals surface area contributed by atoms with Crippen LogP contribution >= 0.6 is 0 Å². The van der Waals surface area contributed by atoms with Gasteiger partial charge in [0.05, 0.1) is 26.4 Å². The van der Waals surface area contributed by atoms with E-state index >= 15 is 0 Å². The molecule has 0 fully saturated rings. The van der Waals surface area contributed by atoms with Gasteiger partial charge in [-0.2, -0.15) is 0 Å². The van der Waals surface area contributed by atoms with Crippen molar-refractivity contribution >= 4 is 11.9 Å². The summed E-state index contributed by atoms with van der Waals surface area (Å²) in [5, 5.41) is 0. The summed E-state index contributed by atoms with van der Waals surface area (Å²) >= 11 is 0. The van der Waals surface area contributed by atoms with E-state index in [4.69, 9.17) is 28.4 Å². The Labute approximate surface area is 181 Å². The predicted molar refractivity (Wildman–Crippen MR) is 112 cm³/mol. The third-order valence-corrected chi connectivity index (χ3v) is 4.15. The van der Waals surface area contributed by atoms with Crippen molar-refractivity contribution in [2.24, 2.45) is 0 Å². The van der Waals surface area contributed by atoms with Gasteiger partial charge >= 0.3 is 23.9 Å². The fraction of sp³-hybridized carbons (Fsp3) is 0.909. The van der Waals surface area contributed by atoms with Gasteiger partial charge in [-0.15, -0.1) is 0 Å². The smallest absolute Gasteiger partial charge is 0.326 e. The highest BCUT2D eigenvalue weighted by Crippen LogP contribution is 2.19. The fourth-order valence-corrected chi connectivity index (χ4v) is 2.58.